The van der Waals surface area contributed by atoms with Gasteiger partial charge in [-0.1, -0.05) is 12.1 Å². The Morgan fingerprint density at radius 3 is 2.60 bits per heavy atom. The van der Waals surface area contributed by atoms with Crippen LogP contribution in [0, 0.1) is 0 Å². The van der Waals surface area contributed by atoms with Crippen molar-refractivity contribution in [3.8, 4) is 11.5 Å². The maximum atomic E-state index is 9.71. The van der Waals surface area contributed by atoms with Gasteiger partial charge in [-0.15, -0.1) is 0 Å². The van der Waals surface area contributed by atoms with Crippen molar-refractivity contribution >= 4 is 0 Å². The number of ether oxygens (including phenoxy) is 2. The molecule has 0 aliphatic heterocycles. The van der Waals surface area contributed by atoms with Gasteiger partial charge in [0.15, 0.2) is 11.5 Å². The molecule has 0 saturated heterocycles. The molecule has 1 aromatic carbocycles. The van der Waals surface area contributed by atoms with Crippen molar-refractivity contribution in [3.05, 3.63) is 23.8 Å². The largest absolute Gasteiger partial charge is 0.493 e. The van der Waals surface area contributed by atoms with Crippen LogP contribution >= 0.6 is 0 Å². The lowest BCUT2D eigenvalue weighted by atomic mass is 10.1. The molecule has 1 aromatic rings. The van der Waals surface area contributed by atoms with Crippen LogP contribution in [0.25, 0.3) is 0 Å². The number of para-hydroxylation sites is 1. The molecule has 15 heavy (non-hydrogen) atoms. The minimum absolute atomic E-state index is 0.00350. The first-order chi connectivity index (χ1) is 7.24. The molecule has 0 amide bonds. The molecule has 1 unspecified atom stereocenters. The van der Waals surface area contributed by atoms with Crippen molar-refractivity contribution in [1.29, 1.82) is 0 Å². The zero-order valence-corrected chi connectivity index (χ0v) is 8.77. The number of hydrogen-bond acceptors (Lipinski definition) is 5. The molecular formula is C10H15NO4. The first-order valence-corrected chi connectivity index (χ1v) is 4.45. The van der Waals surface area contributed by atoms with Crippen LogP contribution in [0.1, 0.15) is 11.7 Å². The highest BCUT2D eigenvalue weighted by Crippen LogP contribution is 2.34. The number of hydrogen-bond donors (Lipinski definition) is 2. The van der Waals surface area contributed by atoms with Crippen molar-refractivity contribution in [2.45, 2.75) is 6.10 Å². The molecule has 0 spiro atoms. The zero-order chi connectivity index (χ0) is 11.3. The summed E-state index contributed by atoms with van der Waals surface area (Å²) in [6.45, 7) is 0.00350. The molecule has 0 saturated carbocycles. The van der Waals surface area contributed by atoms with Crippen LogP contribution in [0.15, 0.2) is 18.2 Å². The standard InChI is InChI=1S/C10H15NO4/c1-13-9-5-3-4-7(10(9)14-2)8(12)6-15-11/h3-5,8,12H,6,11H2,1-2H3. The Morgan fingerprint density at radius 2 is 2.07 bits per heavy atom. The van der Waals surface area contributed by atoms with Crippen molar-refractivity contribution in [3.63, 3.8) is 0 Å². The average molecular weight is 213 g/mol. The summed E-state index contributed by atoms with van der Waals surface area (Å²) >= 11 is 0. The van der Waals surface area contributed by atoms with E-state index in [1.54, 1.807) is 18.2 Å². The quantitative estimate of drug-likeness (QED) is 0.702. The van der Waals surface area contributed by atoms with Gasteiger partial charge < -0.3 is 19.4 Å². The highest BCUT2D eigenvalue weighted by atomic mass is 16.6. The van der Waals surface area contributed by atoms with Gasteiger partial charge in [0.05, 0.1) is 20.8 Å². The summed E-state index contributed by atoms with van der Waals surface area (Å²) < 4.78 is 10.3. The molecule has 0 fully saturated rings. The third-order valence-electron chi connectivity index (χ3n) is 2.05. The Balaban J connectivity index is 3.05. The van der Waals surface area contributed by atoms with E-state index in [-0.39, 0.29) is 6.61 Å². The molecule has 0 aromatic heterocycles. The molecule has 0 aliphatic rings. The lowest BCUT2D eigenvalue weighted by molar-refractivity contribution is 0.0345. The van der Waals surface area contributed by atoms with Crippen LogP contribution in [0.4, 0.5) is 0 Å². The minimum atomic E-state index is -0.833. The Labute approximate surface area is 88.3 Å². The summed E-state index contributed by atoms with van der Waals surface area (Å²) in [6.07, 6.45) is -0.833. The van der Waals surface area contributed by atoms with Crippen molar-refractivity contribution in [1.82, 2.24) is 0 Å². The second-order valence-corrected chi connectivity index (χ2v) is 2.93. The van der Waals surface area contributed by atoms with Gasteiger partial charge in [0.2, 0.25) is 0 Å². The average Bonchev–Trinajstić information content (AvgIpc) is 2.28. The van der Waals surface area contributed by atoms with E-state index in [0.717, 1.165) is 0 Å². The summed E-state index contributed by atoms with van der Waals surface area (Å²) in [4.78, 5) is 4.38. The van der Waals surface area contributed by atoms with Gasteiger partial charge in [0.1, 0.15) is 6.10 Å². The number of benzene rings is 1. The van der Waals surface area contributed by atoms with E-state index in [1.807, 2.05) is 0 Å². The molecule has 5 heteroatoms. The fraction of sp³-hybridized carbons (Fsp3) is 0.400. The molecular weight excluding hydrogens is 198 g/mol. The highest BCUT2D eigenvalue weighted by Gasteiger charge is 2.16. The molecule has 5 nitrogen and oxygen atoms in total. The van der Waals surface area contributed by atoms with E-state index in [9.17, 15) is 5.11 Å². The number of nitrogens with two attached hydrogens (primary N) is 1. The number of aliphatic hydroxyl groups is 1. The highest BCUT2D eigenvalue weighted by molar-refractivity contribution is 5.47. The maximum absolute atomic E-state index is 9.71. The normalized spacial score (nSPS) is 12.3. The predicted octanol–water partition coefficient (Wildman–Crippen LogP) is 0.627. The Kier molecular flexibility index (Phi) is 4.36. The fourth-order valence-electron chi connectivity index (χ4n) is 1.36. The van der Waals surface area contributed by atoms with Gasteiger partial charge >= 0.3 is 0 Å². The third kappa shape index (κ3) is 2.59. The van der Waals surface area contributed by atoms with Gasteiger partial charge in [0, 0.05) is 5.56 Å². The van der Waals surface area contributed by atoms with E-state index >= 15 is 0 Å². The molecule has 3 N–H and O–H groups in total. The van der Waals surface area contributed by atoms with Gasteiger partial charge in [0.25, 0.3) is 0 Å². The molecule has 0 heterocycles. The molecule has 1 atom stereocenters. The lowest BCUT2D eigenvalue weighted by Crippen LogP contribution is -2.12. The van der Waals surface area contributed by atoms with Crippen LogP contribution in [-0.2, 0) is 4.84 Å². The maximum Gasteiger partial charge on any atom is 0.166 e. The summed E-state index contributed by atoms with van der Waals surface area (Å²) in [5, 5.41) is 9.71. The summed E-state index contributed by atoms with van der Waals surface area (Å²) in [7, 11) is 3.05. The minimum Gasteiger partial charge on any atom is -0.493 e. The zero-order valence-electron chi connectivity index (χ0n) is 8.77. The SMILES string of the molecule is COc1cccc(C(O)CON)c1OC. The van der Waals surface area contributed by atoms with Gasteiger partial charge in [-0.25, -0.2) is 5.90 Å². The van der Waals surface area contributed by atoms with Crippen LogP contribution < -0.4 is 15.4 Å². The van der Waals surface area contributed by atoms with Gasteiger partial charge in [-0.2, -0.15) is 0 Å². The first-order valence-electron chi connectivity index (χ1n) is 4.45. The van der Waals surface area contributed by atoms with Crippen molar-refractivity contribution < 1.29 is 19.4 Å². The topological polar surface area (TPSA) is 73.9 Å². The Morgan fingerprint density at radius 1 is 1.33 bits per heavy atom. The summed E-state index contributed by atoms with van der Waals surface area (Å²) in [6, 6.07) is 5.24. The number of rotatable bonds is 5. The van der Waals surface area contributed by atoms with E-state index in [0.29, 0.717) is 17.1 Å². The van der Waals surface area contributed by atoms with E-state index in [4.69, 9.17) is 15.4 Å². The molecule has 0 bridgehead atoms. The van der Waals surface area contributed by atoms with Crippen LogP contribution in [0.3, 0.4) is 0 Å². The molecule has 0 radical (unpaired) electrons. The van der Waals surface area contributed by atoms with Crippen LogP contribution in [0.2, 0.25) is 0 Å². The van der Waals surface area contributed by atoms with Crippen LogP contribution in [0.5, 0.6) is 11.5 Å². The second kappa shape index (κ2) is 5.55. The summed E-state index contributed by atoms with van der Waals surface area (Å²) in [5.74, 6) is 5.95. The predicted molar refractivity (Wildman–Crippen MR) is 54.6 cm³/mol. The first kappa shape index (κ1) is 11.8. The lowest BCUT2D eigenvalue weighted by Gasteiger charge is -2.15. The van der Waals surface area contributed by atoms with Gasteiger partial charge in [-0.05, 0) is 6.07 Å². The van der Waals surface area contributed by atoms with E-state index < -0.39 is 6.10 Å². The number of methoxy groups -OCH3 is 2. The molecule has 84 valence electrons. The van der Waals surface area contributed by atoms with E-state index in [1.165, 1.54) is 14.2 Å². The monoisotopic (exact) mass is 213 g/mol. The Hall–Kier alpha value is -1.30. The van der Waals surface area contributed by atoms with Crippen molar-refractivity contribution in [2.24, 2.45) is 5.90 Å². The third-order valence-corrected chi connectivity index (χ3v) is 2.05. The second-order valence-electron chi connectivity index (χ2n) is 2.93. The van der Waals surface area contributed by atoms with E-state index in [2.05, 4.69) is 4.84 Å². The summed E-state index contributed by atoms with van der Waals surface area (Å²) in [5.41, 5.74) is 0.585. The molecule has 1 rings (SSSR count). The molecule has 0 aliphatic carbocycles. The van der Waals surface area contributed by atoms with Crippen LogP contribution in [-0.4, -0.2) is 25.9 Å². The smallest absolute Gasteiger partial charge is 0.166 e. The number of aliphatic hydroxyl groups excluding tert-OH is 1. The van der Waals surface area contributed by atoms with Crippen molar-refractivity contribution in [2.75, 3.05) is 20.8 Å². The fourth-order valence-corrected chi connectivity index (χ4v) is 1.36. The Bertz CT molecular complexity index is 316. The van der Waals surface area contributed by atoms with Gasteiger partial charge in [-0.3, -0.25) is 0 Å².